The predicted molar refractivity (Wildman–Crippen MR) is 74.4 cm³/mol. The Bertz CT molecular complexity index is 396. The van der Waals surface area contributed by atoms with Crippen LogP contribution in [0.2, 0.25) is 0 Å². The molecular weight excluding hydrogens is 280 g/mol. The molecule has 1 saturated heterocycles. The first-order valence-corrected chi connectivity index (χ1v) is 6.69. The summed E-state index contributed by atoms with van der Waals surface area (Å²) in [7, 11) is 2.14. The van der Waals surface area contributed by atoms with Crippen molar-refractivity contribution < 1.29 is 0 Å². The van der Waals surface area contributed by atoms with E-state index in [4.69, 9.17) is 5.73 Å². The second-order valence-electron chi connectivity index (χ2n) is 4.58. The van der Waals surface area contributed by atoms with E-state index in [0.717, 1.165) is 35.6 Å². The van der Waals surface area contributed by atoms with Crippen molar-refractivity contribution in [3.8, 4) is 0 Å². The van der Waals surface area contributed by atoms with Gasteiger partial charge in [0.15, 0.2) is 0 Å². The fourth-order valence-corrected chi connectivity index (χ4v) is 2.43. The molecule has 2 heterocycles. The number of hydrogen-bond donors (Lipinski definition) is 1. The molecule has 17 heavy (non-hydrogen) atoms. The van der Waals surface area contributed by atoms with Crippen LogP contribution in [0, 0.1) is 6.92 Å². The molecule has 0 spiro atoms. The van der Waals surface area contributed by atoms with Crippen molar-refractivity contribution >= 4 is 21.7 Å². The molecule has 1 aliphatic rings. The number of nitrogens with zero attached hydrogens (tertiary/aromatic N) is 3. The van der Waals surface area contributed by atoms with E-state index in [-0.39, 0.29) is 0 Å². The molecule has 0 radical (unpaired) electrons. The number of likely N-dealkylation sites (N-methyl/N-ethyl adjacent to an activating group) is 1. The molecule has 2 rings (SSSR count). The number of aryl methyl sites for hydroxylation is 1. The molecule has 94 valence electrons. The zero-order valence-corrected chi connectivity index (χ0v) is 11.9. The zero-order valence-electron chi connectivity index (χ0n) is 10.4. The number of piperazine rings is 1. The summed E-state index contributed by atoms with van der Waals surface area (Å²) in [5.41, 5.74) is 6.88. The summed E-state index contributed by atoms with van der Waals surface area (Å²) in [6.45, 7) is 5.75. The minimum Gasteiger partial charge on any atom is -0.350 e. The summed E-state index contributed by atoms with van der Waals surface area (Å²) >= 11 is 3.48. The third kappa shape index (κ3) is 2.78. The van der Waals surface area contributed by atoms with E-state index < -0.39 is 0 Å². The third-order valence-corrected chi connectivity index (χ3v) is 4.10. The van der Waals surface area contributed by atoms with Crippen molar-refractivity contribution in [2.24, 2.45) is 5.73 Å². The fraction of sp³-hybridized carbons (Fsp3) is 0.583. The Morgan fingerprint density at radius 2 is 2.24 bits per heavy atom. The van der Waals surface area contributed by atoms with E-state index >= 15 is 0 Å². The number of halogens is 1. The predicted octanol–water partition coefficient (Wildman–Crippen LogP) is 1.23. The minimum absolute atomic E-state index is 0.363. The molecule has 1 aromatic rings. The summed E-state index contributed by atoms with van der Waals surface area (Å²) in [5.74, 6) is 1.04. The first-order chi connectivity index (χ1) is 8.11. The first-order valence-electron chi connectivity index (χ1n) is 5.90. The number of aromatic nitrogens is 1. The zero-order chi connectivity index (χ0) is 12.4. The Hall–Kier alpha value is -0.650. The topological polar surface area (TPSA) is 45.4 Å². The van der Waals surface area contributed by atoms with Gasteiger partial charge in [-0.05, 0) is 42.0 Å². The number of pyridine rings is 1. The SMILES string of the molecule is Cc1nc(N2CCN(C)CC2CN)ccc1Br. The quantitative estimate of drug-likeness (QED) is 0.892. The molecule has 4 nitrogen and oxygen atoms in total. The number of anilines is 1. The van der Waals surface area contributed by atoms with Crippen LogP contribution in [0.15, 0.2) is 16.6 Å². The van der Waals surface area contributed by atoms with Gasteiger partial charge in [-0.25, -0.2) is 4.98 Å². The maximum atomic E-state index is 5.86. The lowest BCUT2D eigenvalue weighted by molar-refractivity contribution is 0.269. The highest BCUT2D eigenvalue weighted by molar-refractivity contribution is 9.10. The van der Waals surface area contributed by atoms with Crippen LogP contribution in [0.4, 0.5) is 5.82 Å². The number of hydrogen-bond acceptors (Lipinski definition) is 4. The molecule has 0 aliphatic carbocycles. The summed E-state index contributed by atoms with van der Waals surface area (Å²) in [4.78, 5) is 9.26. The fourth-order valence-electron chi connectivity index (χ4n) is 2.20. The summed E-state index contributed by atoms with van der Waals surface area (Å²) in [6.07, 6.45) is 0. The molecule has 5 heteroatoms. The van der Waals surface area contributed by atoms with Gasteiger partial charge in [0.25, 0.3) is 0 Å². The Morgan fingerprint density at radius 3 is 2.88 bits per heavy atom. The highest BCUT2D eigenvalue weighted by atomic mass is 79.9. The smallest absolute Gasteiger partial charge is 0.129 e. The van der Waals surface area contributed by atoms with Crippen LogP contribution in [0.25, 0.3) is 0 Å². The molecule has 1 atom stereocenters. The van der Waals surface area contributed by atoms with Gasteiger partial charge < -0.3 is 15.5 Å². The molecule has 0 amide bonds. The molecule has 1 unspecified atom stereocenters. The largest absolute Gasteiger partial charge is 0.350 e. The molecule has 0 bridgehead atoms. The van der Waals surface area contributed by atoms with Crippen molar-refractivity contribution in [1.82, 2.24) is 9.88 Å². The van der Waals surface area contributed by atoms with Gasteiger partial charge >= 0.3 is 0 Å². The van der Waals surface area contributed by atoms with Crippen LogP contribution in [0.5, 0.6) is 0 Å². The van der Waals surface area contributed by atoms with Gasteiger partial charge in [-0.15, -0.1) is 0 Å². The van der Waals surface area contributed by atoms with E-state index in [1.165, 1.54) is 0 Å². The van der Waals surface area contributed by atoms with Crippen LogP contribution in [0.3, 0.4) is 0 Å². The highest BCUT2D eigenvalue weighted by Gasteiger charge is 2.25. The molecule has 0 aromatic carbocycles. The molecule has 1 aliphatic heterocycles. The Morgan fingerprint density at radius 1 is 1.47 bits per heavy atom. The molecule has 1 fully saturated rings. The Labute approximate surface area is 111 Å². The summed E-state index contributed by atoms with van der Waals surface area (Å²) in [5, 5.41) is 0. The van der Waals surface area contributed by atoms with Gasteiger partial charge in [-0.2, -0.15) is 0 Å². The highest BCUT2D eigenvalue weighted by Crippen LogP contribution is 2.22. The standard InChI is InChI=1S/C12H19BrN4/c1-9-11(13)3-4-12(15-9)17-6-5-16(2)8-10(17)7-14/h3-4,10H,5-8,14H2,1-2H3. The van der Waals surface area contributed by atoms with Gasteiger partial charge in [0, 0.05) is 30.7 Å². The Kier molecular flexibility index (Phi) is 4.01. The average Bonchev–Trinajstić information content (AvgIpc) is 2.32. The van der Waals surface area contributed by atoms with Crippen LogP contribution in [0.1, 0.15) is 5.69 Å². The Balaban J connectivity index is 2.22. The number of nitrogens with two attached hydrogens (primary N) is 1. The van der Waals surface area contributed by atoms with E-state index in [1.807, 2.05) is 6.92 Å². The third-order valence-electron chi connectivity index (χ3n) is 3.26. The van der Waals surface area contributed by atoms with Crippen molar-refractivity contribution in [2.45, 2.75) is 13.0 Å². The normalized spacial score (nSPS) is 21.9. The van der Waals surface area contributed by atoms with E-state index in [1.54, 1.807) is 0 Å². The van der Waals surface area contributed by atoms with Gasteiger partial charge in [0.05, 0.1) is 11.7 Å². The van der Waals surface area contributed by atoms with Crippen LogP contribution in [-0.2, 0) is 0 Å². The lowest BCUT2D eigenvalue weighted by atomic mass is 10.1. The molecular formula is C12H19BrN4. The maximum absolute atomic E-state index is 5.86. The number of rotatable bonds is 2. The van der Waals surface area contributed by atoms with Crippen LogP contribution in [-0.4, -0.2) is 49.2 Å². The maximum Gasteiger partial charge on any atom is 0.129 e. The second-order valence-corrected chi connectivity index (χ2v) is 5.44. The van der Waals surface area contributed by atoms with Gasteiger partial charge in [0.2, 0.25) is 0 Å². The molecule has 2 N–H and O–H groups in total. The van der Waals surface area contributed by atoms with Crippen LogP contribution >= 0.6 is 15.9 Å². The summed E-state index contributed by atoms with van der Waals surface area (Å²) < 4.78 is 1.06. The lowest BCUT2D eigenvalue weighted by Crippen LogP contribution is -2.55. The van der Waals surface area contributed by atoms with Crippen molar-refractivity contribution in [3.63, 3.8) is 0 Å². The van der Waals surface area contributed by atoms with E-state index in [0.29, 0.717) is 12.6 Å². The van der Waals surface area contributed by atoms with Gasteiger partial charge in [-0.3, -0.25) is 0 Å². The summed E-state index contributed by atoms with van der Waals surface area (Å²) in [6, 6.07) is 4.48. The molecule has 0 saturated carbocycles. The van der Waals surface area contributed by atoms with E-state index in [9.17, 15) is 0 Å². The lowest BCUT2D eigenvalue weighted by Gasteiger charge is -2.40. The van der Waals surface area contributed by atoms with Crippen molar-refractivity contribution in [3.05, 3.63) is 22.3 Å². The minimum atomic E-state index is 0.363. The monoisotopic (exact) mass is 298 g/mol. The van der Waals surface area contributed by atoms with E-state index in [2.05, 4.69) is 49.9 Å². The van der Waals surface area contributed by atoms with Crippen molar-refractivity contribution in [2.75, 3.05) is 38.1 Å². The van der Waals surface area contributed by atoms with Gasteiger partial charge in [-0.1, -0.05) is 0 Å². The van der Waals surface area contributed by atoms with Crippen LogP contribution < -0.4 is 10.6 Å². The average molecular weight is 299 g/mol. The first kappa shape index (κ1) is 12.8. The van der Waals surface area contributed by atoms with Gasteiger partial charge in [0.1, 0.15) is 5.82 Å². The van der Waals surface area contributed by atoms with Crippen molar-refractivity contribution in [1.29, 1.82) is 0 Å². The second kappa shape index (κ2) is 5.33. The molecule has 1 aromatic heterocycles.